The van der Waals surface area contributed by atoms with Crippen LogP contribution in [0.2, 0.25) is 0 Å². The number of aromatic nitrogens is 2. The van der Waals surface area contributed by atoms with Gasteiger partial charge in [0.05, 0.1) is 5.56 Å². The fourth-order valence-electron chi connectivity index (χ4n) is 3.68. The van der Waals surface area contributed by atoms with Crippen LogP contribution in [0.25, 0.3) is 10.8 Å². The lowest BCUT2D eigenvalue weighted by atomic mass is 9.84. The monoisotopic (exact) mass is 379 g/mol. The van der Waals surface area contributed by atoms with E-state index in [1.54, 1.807) is 0 Å². The molecule has 27 heavy (non-hydrogen) atoms. The third-order valence-electron chi connectivity index (χ3n) is 4.93. The Morgan fingerprint density at radius 2 is 1.96 bits per heavy atom. The van der Waals surface area contributed by atoms with E-state index in [4.69, 9.17) is 0 Å². The minimum Gasteiger partial charge on any atom is -0.312 e. The topological polar surface area (TPSA) is 64.0 Å². The van der Waals surface area contributed by atoms with Crippen molar-refractivity contribution in [1.29, 1.82) is 0 Å². The second-order valence-corrected chi connectivity index (χ2v) is 7.80. The smallest absolute Gasteiger partial charge is 0.279 e. The van der Waals surface area contributed by atoms with E-state index < -0.39 is 0 Å². The van der Waals surface area contributed by atoms with Crippen LogP contribution in [0.3, 0.4) is 0 Å². The Labute approximate surface area is 161 Å². The van der Waals surface area contributed by atoms with E-state index in [0.717, 1.165) is 28.5 Å². The van der Waals surface area contributed by atoms with E-state index >= 15 is 0 Å². The maximum atomic E-state index is 12.9. The first-order valence-corrected chi connectivity index (χ1v) is 10.1. The molecule has 1 aliphatic heterocycles. The van der Waals surface area contributed by atoms with Gasteiger partial charge in [0.2, 0.25) is 5.91 Å². The zero-order valence-electron chi connectivity index (χ0n) is 15.4. The molecule has 0 saturated carbocycles. The molecule has 1 amide bonds. The van der Waals surface area contributed by atoms with Crippen molar-refractivity contribution in [2.24, 2.45) is 7.05 Å². The molecule has 6 heteroatoms. The number of hydrogen-bond acceptors (Lipinski definition) is 4. The minimum atomic E-state index is -0.295. The Balaban J connectivity index is 1.92. The van der Waals surface area contributed by atoms with Crippen molar-refractivity contribution >= 4 is 34.3 Å². The summed E-state index contributed by atoms with van der Waals surface area (Å²) < 4.78 is 1.84. The summed E-state index contributed by atoms with van der Waals surface area (Å²) in [6, 6.07) is 14.1. The summed E-state index contributed by atoms with van der Waals surface area (Å²) in [5, 5.41) is 5.71. The van der Waals surface area contributed by atoms with Crippen molar-refractivity contribution in [1.82, 2.24) is 9.55 Å². The fourth-order valence-corrected chi connectivity index (χ4v) is 4.50. The number of anilines is 1. The molecule has 0 fully saturated rings. The number of carbonyl (C=O) groups excluding carboxylic acids is 1. The highest BCUT2D eigenvalue weighted by atomic mass is 32.2. The molecule has 2 heterocycles. The van der Waals surface area contributed by atoms with Gasteiger partial charge in [-0.1, -0.05) is 61.2 Å². The molecule has 1 unspecified atom stereocenters. The van der Waals surface area contributed by atoms with E-state index in [1.165, 1.54) is 11.8 Å². The molecule has 1 atom stereocenters. The van der Waals surface area contributed by atoms with Gasteiger partial charge in [-0.05, 0) is 22.8 Å². The van der Waals surface area contributed by atoms with E-state index in [2.05, 4.69) is 17.2 Å². The second-order valence-electron chi connectivity index (χ2n) is 6.74. The predicted octanol–water partition coefficient (Wildman–Crippen LogP) is 3.91. The van der Waals surface area contributed by atoms with Crippen molar-refractivity contribution in [3.63, 3.8) is 0 Å². The molecule has 1 aromatic heterocycles. The lowest BCUT2D eigenvalue weighted by Gasteiger charge is -2.28. The summed E-state index contributed by atoms with van der Waals surface area (Å²) in [4.78, 5) is 29.7. The predicted molar refractivity (Wildman–Crippen MR) is 110 cm³/mol. The van der Waals surface area contributed by atoms with Crippen LogP contribution in [-0.2, 0) is 11.8 Å². The van der Waals surface area contributed by atoms with Crippen LogP contribution in [0.1, 0.15) is 36.8 Å². The molecule has 0 saturated heterocycles. The SMILES string of the molecule is CCCSc1nc(=O)c2c(n1C)NC(=O)CC2c1cccc2ccccc12. The van der Waals surface area contributed by atoms with Gasteiger partial charge in [-0.3, -0.25) is 9.59 Å². The fraction of sp³-hybridized carbons (Fsp3) is 0.286. The molecule has 1 aliphatic rings. The minimum absolute atomic E-state index is 0.0759. The summed E-state index contributed by atoms with van der Waals surface area (Å²) in [5.41, 5.74) is 1.33. The highest BCUT2D eigenvalue weighted by molar-refractivity contribution is 7.99. The second kappa shape index (κ2) is 7.19. The van der Waals surface area contributed by atoms with Crippen LogP contribution in [0.4, 0.5) is 5.82 Å². The van der Waals surface area contributed by atoms with Crippen molar-refractivity contribution in [2.45, 2.75) is 30.8 Å². The Bertz CT molecular complexity index is 1090. The highest BCUT2D eigenvalue weighted by Gasteiger charge is 2.32. The molecule has 4 rings (SSSR count). The molecule has 1 N–H and O–H groups in total. The van der Waals surface area contributed by atoms with Gasteiger partial charge < -0.3 is 9.88 Å². The van der Waals surface area contributed by atoms with Gasteiger partial charge in [0.1, 0.15) is 5.82 Å². The first kappa shape index (κ1) is 17.8. The maximum absolute atomic E-state index is 12.9. The van der Waals surface area contributed by atoms with Gasteiger partial charge in [0.25, 0.3) is 5.56 Å². The Kier molecular flexibility index (Phi) is 4.74. The van der Waals surface area contributed by atoms with Gasteiger partial charge in [-0.15, -0.1) is 0 Å². The quantitative estimate of drug-likeness (QED) is 0.551. The number of thioether (sulfide) groups is 1. The number of nitrogens with zero attached hydrogens (tertiary/aromatic N) is 2. The van der Waals surface area contributed by atoms with E-state index in [1.807, 2.05) is 54.1 Å². The third-order valence-corrected chi connectivity index (χ3v) is 6.17. The number of fused-ring (bicyclic) bond motifs is 2. The molecule has 5 nitrogen and oxygen atoms in total. The Morgan fingerprint density at radius 1 is 1.19 bits per heavy atom. The number of amides is 1. The van der Waals surface area contributed by atoms with Gasteiger partial charge in [-0.25, -0.2) is 0 Å². The van der Waals surface area contributed by atoms with Crippen LogP contribution >= 0.6 is 11.8 Å². The molecule has 0 bridgehead atoms. The van der Waals surface area contributed by atoms with Gasteiger partial charge in [-0.2, -0.15) is 4.98 Å². The molecule has 2 aromatic carbocycles. The molecule has 138 valence electrons. The number of benzene rings is 2. The van der Waals surface area contributed by atoms with Crippen LogP contribution in [0.5, 0.6) is 0 Å². The van der Waals surface area contributed by atoms with Crippen molar-refractivity contribution in [2.75, 3.05) is 11.1 Å². The van der Waals surface area contributed by atoms with Gasteiger partial charge in [0.15, 0.2) is 5.16 Å². The van der Waals surface area contributed by atoms with Crippen LogP contribution < -0.4 is 10.9 Å². The number of nitrogens with one attached hydrogen (secondary N) is 1. The van der Waals surface area contributed by atoms with Gasteiger partial charge in [0, 0.05) is 25.1 Å². The zero-order valence-corrected chi connectivity index (χ0v) is 16.2. The summed E-state index contributed by atoms with van der Waals surface area (Å²) in [6.45, 7) is 2.09. The number of hydrogen-bond donors (Lipinski definition) is 1. The lowest BCUT2D eigenvalue weighted by Crippen LogP contribution is -2.33. The Hall–Kier alpha value is -2.60. The number of carbonyl (C=O) groups is 1. The van der Waals surface area contributed by atoms with E-state index in [0.29, 0.717) is 16.5 Å². The largest absolute Gasteiger partial charge is 0.312 e. The standard InChI is InChI=1S/C21H21N3O2S/c1-3-11-27-21-23-20(26)18-16(12-17(25)22-19(18)24(21)2)15-10-6-8-13-7-4-5-9-14(13)15/h4-10,16H,3,11-12H2,1-2H3,(H,22,25). The maximum Gasteiger partial charge on any atom is 0.279 e. The number of rotatable bonds is 4. The molecule has 0 spiro atoms. The van der Waals surface area contributed by atoms with Crippen molar-refractivity contribution in [3.8, 4) is 0 Å². The summed E-state index contributed by atoms with van der Waals surface area (Å²) >= 11 is 1.54. The van der Waals surface area contributed by atoms with Crippen molar-refractivity contribution < 1.29 is 4.79 Å². The molecule has 0 aliphatic carbocycles. The Morgan fingerprint density at radius 3 is 2.78 bits per heavy atom. The van der Waals surface area contributed by atoms with E-state index in [9.17, 15) is 9.59 Å². The summed E-state index contributed by atoms with van der Waals surface area (Å²) in [6.07, 6.45) is 1.24. The average Bonchev–Trinajstić information content (AvgIpc) is 2.68. The normalized spacial score (nSPS) is 16.2. The summed E-state index contributed by atoms with van der Waals surface area (Å²) in [5.74, 6) is 1.08. The highest BCUT2D eigenvalue weighted by Crippen LogP contribution is 2.38. The molecule has 0 radical (unpaired) electrons. The van der Waals surface area contributed by atoms with E-state index in [-0.39, 0.29) is 23.8 Å². The van der Waals surface area contributed by atoms with Crippen molar-refractivity contribution in [3.05, 3.63) is 63.9 Å². The van der Waals surface area contributed by atoms with Crippen LogP contribution in [-0.4, -0.2) is 21.2 Å². The van der Waals surface area contributed by atoms with Crippen LogP contribution in [0, 0.1) is 0 Å². The van der Waals surface area contributed by atoms with Crippen LogP contribution in [0.15, 0.2) is 52.4 Å². The molecule has 3 aromatic rings. The molecular formula is C21H21N3O2S. The first-order valence-electron chi connectivity index (χ1n) is 9.11. The lowest BCUT2D eigenvalue weighted by molar-refractivity contribution is -0.116. The first-order chi connectivity index (χ1) is 13.1. The zero-order chi connectivity index (χ0) is 19.0. The summed E-state index contributed by atoms with van der Waals surface area (Å²) in [7, 11) is 1.86. The third kappa shape index (κ3) is 3.14. The average molecular weight is 379 g/mol. The van der Waals surface area contributed by atoms with Gasteiger partial charge >= 0.3 is 0 Å². The molecular weight excluding hydrogens is 358 g/mol.